The largest absolute Gasteiger partial charge is 0.504 e. The molecule has 2 aromatic carbocycles. The topological polar surface area (TPSA) is 163 Å². The molecular formula is C20H23NO8. The van der Waals surface area contributed by atoms with Gasteiger partial charge >= 0.3 is 0 Å². The molecule has 0 bridgehead atoms. The number of nitrogens with one attached hydrogen (secondary N) is 1. The van der Waals surface area contributed by atoms with Gasteiger partial charge in [-0.05, 0) is 31.5 Å². The van der Waals surface area contributed by atoms with Crippen molar-refractivity contribution in [1.82, 2.24) is 5.32 Å². The van der Waals surface area contributed by atoms with Crippen molar-refractivity contribution in [1.29, 1.82) is 0 Å². The molecule has 1 fully saturated rings. The summed E-state index contributed by atoms with van der Waals surface area (Å²) in [5, 5.41) is 74.0. The number of benzene rings is 2. The summed E-state index contributed by atoms with van der Waals surface area (Å²) in [6.45, 7) is 0.715. The summed E-state index contributed by atoms with van der Waals surface area (Å²) < 4.78 is 5.96. The molecule has 4 rings (SSSR count). The van der Waals surface area contributed by atoms with E-state index in [1.54, 1.807) is 0 Å². The Kier molecular flexibility index (Phi) is 4.71. The number of piperidine rings is 1. The van der Waals surface area contributed by atoms with Crippen molar-refractivity contribution in [2.45, 2.75) is 43.9 Å². The summed E-state index contributed by atoms with van der Waals surface area (Å²) in [6.07, 6.45) is 0.221. The van der Waals surface area contributed by atoms with E-state index >= 15 is 0 Å². The SMILES string of the molecule is Oc1cc(C2Oc3c(c(O)c(O)c(O)c3C3CCCCN3)CC2O)cc(O)c1O. The monoisotopic (exact) mass is 405 g/mol. The zero-order valence-corrected chi connectivity index (χ0v) is 15.5. The van der Waals surface area contributed by atoms with Gasteiger partial charge in [0, 0.05) is 23.6 Å². The normalized spacial score (nSPS) is 24.0. The van der Waals surface area contributed by atoms with Crippen LogP contribution >= 0.6 is 0 Å². The summed E-state index contributed by atoms with van der Waals surface area (Å²) >= 11 is 0. The Bertz CT molecular complexity index is 931. The summed E-state index contributed by atoms with van der Waals surface area (Å²) in [6, 6.07) is 2.00. The molecule has 0 aromatic heterocycles. The third-order valence-electron chi connectivity index (χ3n) is 5.60. The number of hydrogen-bond acceptors (Lipinski definition) is 9. The second-order valence-electron chi connectivity index (χ2n) is 7.49. The Morgan fingerprint density at radius 3 is 2.17 bits per heavy atom. The standard InChI is InChI=1S/C20H23NO8/c22-11-5-8(6-12(23)16(11)26)19-13(24)7-9-15(25)18(28)17(27)14(20(9)29-19)10-3-1-2-4-21-10/h5-6,10,13,19,21-28H,1-4,7H2. The molecular weight excluding hydrogens is 382 g/mol. The van der Waals surface area contributed by atoms with Crippen LogP contribution in [0.2, 0.25) is 0 Å². The number of ether oxygens (including phenoxy) is 1. The molecule has 8 N–H and O–H groups in total. The summed E-state index contributed by atoms with van der Waals surface area (Å²) in [4.78, 5) is 0. The van der Waals surface area contributed by atoms with Crippen LogP contribution in [0.3, 0.4) is 0 Å². The average Bonchev–Trinajstić information content (AvgIpc) is 2.71. The second kappa shape index (κ2) is 7.09. The van der Waals surface area contributed by atoms with Crippen molar-refractivity contribution in [3.63, 3.8) is 0 Å². The van der Waals surface area contributed by atoms with Crippen molar-refractivity contribution in [3.8, 4) is 40.2 Å². The first kappa shape index (κ1) is 19.3. The van der Waals surface area contributed by atoms with Crippen LogP contribution in [-0.2, 0) is 6.42 Å². The van der Waals surface area contributed by atoms with E-state index in [2.05, 4.69) is 5.32 Å². The van der Waals surface area contributed by atoms with Gasteiger partial charge in [-0.3, -0.25) is 0 Å². The smallest absolute Gasteiger partial charge is 0.201 e. The van der Waals surface area contributed by atoms with E-state index in [-0.39, 0.29) is 29.3 Å². The Labute approximate surface area is 166 Å². The summed E-state index contributed by atoms with van der Waals surface area (Å²) in [7, 11) is 0. The van der Waals surface area contributed by atoms with Crippen LogP contribution in [0.25, 0.3) is 0 Å². The molecule has 3 unspecified atom stereocenters. The Morgan fingerprint density at radius 2 is 1.55 bits per heavy atom. The molecule has 9 nitrogen and oxygen atoms in total. The molecule has 0 saturated carbocycles. The van der Waals surface area contributed by atoms with Crippen molar-refractivity contribution < 1.29 is 40.5 Å². The average molecular weight is 405 g/mol. The highest BCUT2D eigenvalue weighted by molar-refractivity contribution is 5.67. The quantitative estimate of drug-likeness (QED) is 0.348. The maximum Gasteiger partial charge on any atom is 0.201 e. The van der Waals surface area contributed by atoms with Gasteiger partial charge in [0.2, 0.25) is 5.75 Å². The minimum atomic E-state index is -1.19. The first-order valence-corrected chi connectivity index (χ1v) is 9.42. The zero-order valence-electron chi connectivity index (χ0n) is 15.5. The lowest BCUT2D eigenvalue weighted by atomic mass is 9.88. The highest BCUT2D eigenvalue weighted by Crippen LogP contribution is 2.54. The Morgan fingerprint density at radius 1 is 0.862 bits per heavy atom. The maximum atomic E-state index is 10.6. The molecule has 0 amide bonds. The summed E-state index contributed by atoms with van der Waals surface area (Å²) in [5.41, 5.74) is 0.656. The Balaban J connectivity index is 1.83. The predicted octanol–water partition coefficient (Wildman–Crippen LogP) is 1.77. The molecule has 0 spiro atoms. The number of aliphatic hydroxyl groups is 1. The maximum absolute atomic E-state index is 10.6. The van der Waals surface area contributed by atoms with E-state index in [1.165, 1.54) is 0 Å². The lowest BCUT2D eigenvalue weighted by Gasteiger charge is -2.35. The molecule has 2 aromatic rings. The van der Waals surface area contributed by atoms with Gasteiger partial charge in [0.15, 0.2) is 34.9 Å². The fourth-order valence-corrected chi connectivity index (χ4v) is 4.11. The van der Waals surface area contributed by atoms with Crippen LogP contribution in [0.1, 0.15) is 48.1 Å². The third-order valence-corrected chi connectivity index (χ3v) is 5.60. The molecule has 2 aliphatic heterocycles. The predicted molar refractivity (Wildman–Crippen MR) is 101 cm³/mol. The Hall–Kier alpha value is -3.04. The van der Waals surface area contributed by atoms with Crippen LogP contribution in [0.5, 0.6) is 40.2 Å². The van der Waals surface area contributed by atoms with E-state index < -0.39 is 46.7 Å². The number of aromatic hydroxyl groups is 6. The lowest BCUT2D eigenvalue weighted by Crippen LogP contribution is -2.33. The van der Waals surface area contributed by atoms with E-state index in [0.717, 1.165) is 25.0 Å². The summed E-state index contributed by atoms with van der Waals surface area (Å²) in [5.74, 6) is -3.43. The van der Waals surface area contributed by atoms with E-state index in [0.29, 0.717) is 18.5 Å². The molecule has 0 radical (unpaired) electrons. The van der Waals surface area contributed by atoms with E-state index in [1.807, 2.05) is 0 Å². The number of rotatable bonds is 2. The highest BCUT2D eigenvalue weighted by Gasteiger charge is 2.38. The van der Waals surface area contributed by atoms with Gasteiger partial charge in [-0.25, -0.2) is 0 Å². The molecule has 2 aliphatic rings. The highest BCUT2D eigenvalue weighted by atomic mass is 16.5. The van der Waals surface area contributed by atoms with Crippen molar-refractivity contribution in [2.24, 2.45) is 0 Å². The lowest BCUT2D eigenvalue weighted by molar-refractivity contribution is 0.0180. The number of phenols is 6. The molecule has 156 valence electrons. The molecule has 1 saturated heterocycles. The molecule has 3 atom stereocenters. The van der Waals surface area contributed by atoms with Gasteiger partial charge in [0.05, 0.1) is 11.7 Å². The van der Waals surface area contributed by atoms with Crippen molar-refractivity contribution >= 4 is 0 Å². The fraction of sp³-hybridized carbons (Fsp3) is 0.400. The van der Waals surface area contributed by atoms with Crippen LogP contribution in [0, 0.1) is 0 Å². The van der Waals surface area contributed by atoms with Crippen LogP contribution in [0.4, 0.5) is 0 Å². The first-order valence-electron chi connectivity index (χ1n) is 9.42. The molecule has 2 heterocycles. The minimum absolute atomic E-state index is 0.0954. The van der Waals surface area contributed by atoms with E-state index in [9.17, 15) is 35.7 Å². The fourth-order valence-electron chi connectivity index (χ4n) is 4.11. The van der Waals surface area contributed by atoms with E-state index in [4.69, 9.17) is 4.74 Å². The van der Waals surface area contributed by atoms with Crippen LogP contribution in [0.15, 0.2) is 12.1 Å². The zero-order chi connectivity index (χ0) is 20.9. The van der Waals surface area contributed by atoms with Gasteiger partial charge in [-0.1, -0.05) is 6.42 Å². The van der Waals surface area contributed by atoms with Gasteiger partial charge in [-0.2, -0.15) is 0 Å². The number of fused-ring (bicyclic) bond motifs is 1. The van der Waals surface area contributed by atoms with Gasteiger partial charge in [0.1, 0.15) is 5.75 Å². The van der Waals surface area contributed by atoms with Crippen molar-refractivity contribution in [2.75, 3.05) is 6.54 Å². The van der Waals surface area contributed by atoms with Gasteiger partial charge < -0.3 is 45.8 Å². The first-order chi connectivity index (χ1) is 13.8. The van der Waals surface area contributed by atoms with Crippen LogP contribution < -0.4 is 10.1 Å². The number of phenolic OH excluding ortho intramolecular Hbond substituents is 6. The third kappa shape index (κ3) is 3.12. The molecule has 0 aliphatic carbocycles. The number of hydrogen-bond donors (Lipinski definition) is 8. The van der Waals surface area contributed by atoms with Gasteiger partial charge in [0.25, 0.3) is 0 Å². The van der Waals surface area contributed by atoms with Crippen molar-refractivity contribution in [3.05, 3.63) is 28.8 Å². The second-order valence-corrected chi connectivity index (χ2v) is 7.49. The molecule has 9 heteroatoms. The minimum Gasteiger partial charge on any atom is -0.504 e. The number of aliphatic hydroxyl groups excluding tert-OH is 1. The molecule has 29 heavy (non-hydrogen) atoms. The van der Waals surface area contributed by atoms with Gasteiger partial charge in [-0.15, -0.1) is 0 Å². The van der Waals surface area contributed by atoms with Crippen LogP contribution in [-0.4, -0.2) is 48.4 Å².